The molecular formula is C24H38N6O7. The predicted molar refractivity (Wildman–Crippen MR) is 132 cm³/mol. The highest BCUT2D eigenvalue weighted by atomic mass is 16.6. The maximum absolute atomic E-state index is 13.6. The second-order valence-electron chi connectivity index (χ2n) is 10.5. The maximum atomic E-state index is 13.6. The van der Waals surface area contributed by atoms with Gasteiger partial charge in [0.15, 0.2) is 0 Å². The van der Waals surface area contributed by atoms with Crippen LogP contribution in [-0.4, -0.2) is 87.7 Å². The number of carbonyl (C=O) groups is 5. The van der Waals surface area contributed by atoms with Crippen LogP contribution in [0.1, 0.15) is 53.2 Å². The molecule has 0 saturated carbocycles. The largest absolute Gasteiger partial charge is 0.468 e. The molecule has 0 aliphatic carbocycles. The van der Waals surface area contributed by atoms with Crippen LogP contribution in [0.3, 0.4) is 0 Å². The number of aryl methyl sites for hydroxylation is 1. The number of alkyl carbamates (subject to hydrolysis) is 1. The first-order valence-electron chi connectivity index (χ1n) is 12.1. The summed E-state index contributed by atoms with van der Waals surface area (Å²) in [5.74, 6) is -2.17. The summed E-state index contributed by atoms with van der Waals surface area (Å²) in [6.45, 7) is 8.11. The summed E-state index contributed by atoms with van der Waals surface area (Å²) in [7, 11) is 2.98. The van der Waals surface area contributed by atoms with Gasteiger partial charge < -0.3 is 34.9 Å². The minimum Gasteiger partial charge on any atom is -0.468 e. The molecule has 0 aromatic carbocycles. The van der Waals surface area contributed by atoms with Gasteiger partial charge in [-0.15, -0.1) is 0 Å². The van der Waals surface area contributed by atoms with Crippen LogP contribution < -0.4 is 16.0 Å². The van der Waals surface area contributed by atoms with E-state index in [0.717, 1.165) is 0 Å². The number of hydrogen-bond donors (Lipinski definition) is 3. The minimum atomic E-state index is -1.36. The summed E-state index contributed by atoms with van der Waals surface area (Å²) in [4.78, 5) is 68.7. The quantitative estimate of drug-likeness (QED) is 0.383. The first-order chi connectivity index (χ1) is 17.1. The van der Waals surface area contributed by atoms with E-state index in [4.69, 9.17) is 4.74 Å². The van der Waals surface area contributed by atoms with Gasteiger partial charge in [0, 0.05) is 31.9 Å². The van der Waals surface area contributed by atoms with E-state index in [-0.39, 0.29) is 13.0 Å². The number of methoxy groups -OCH3 is 1. The van der Waals surface area contributed by atoms with E-state index < -0.39 is 53.0 Å². The SMILES string of the molecule is COC(=O)CNC(=O)C(C)(C)NC(=O)[C@H]1CCCN1C(=O)[C@H](Cc1cncn1C)NC(=O)OC(C)(C)C. The molecule has 0 spiro atoms. The fourth-order valence-corrected chi connectivity index (χ4v) is 3.84. The summed E-state index contributed by atoms with van der Waals surface area (Å²) >= 11 is 0. The lowest BCUT2D eigenvalue weighted by molar-refractivity contribution is -0.143. The molecule has 0 unspecified atom stereocenters. The third-order valence-electron chi connectivity index (χ3n) is 5.78. The lowest BCUT2D eigenvalue weighted by Crippen LogP contribution is -2.60. The van der Waals surface area contributed by atoms with Gasteiger partial charge in [-0.3, -0.25) is 19.2 Å². The zero-order valence-electron chi connectivity index (χ0n) is 22.5. The Balaban J connectivity index is 2.16. The molecule has 37 heavy (non-hydrogen) atoms. The zero-order chi connectivity index (χ0) is 28.0. The fourth-order valence-electron chi connectivity index (χ4n) is 3.84. The molecule has 1 aromatic rings. The number of hydrogen-bond acceptors (Lipinski definition) is 8. The number of nitrogens with zero attached hydrogens (tertiary/aromatic N) is 3. The molecule has 1 saturated heterocycles. The molecule has 2 heterocycles. The lowest BCUT2D eigenvalue weighted by Gasteiger charge is -2.32. The van der Waals surface area contributed by atoms with Crippen LogP contribution in [0.2, 0.25) is 0 Å². The fraction of sp³-hybridized carbons (Fsp3) is 0.667. The van der Waals surface area contributed by atoms with Crippen molar-refractivity contribution >= 4 is 29.8 Å². The van der Waals surface area contributed by atoms with E-state index in [2.05, 4.69) is 25.7 Å². The molecule has 13 nitrogen and oxygen atoms in total. The Hall–Kier alpha value is -3.64. The standard InChI is InChI=1S/C24H38N6O7/c1-23(2,3)37-22(35)27-16(11-15-12-25-14-29(15)6)20(33)30-10-8-9-17(30)19(32)28-24(4,5)21(34)26-13-18(31)36-7/h12,14,16-17H,8-11,13H2,1-7H3,(H,26,34)(H,27,35)(H,28,32)/t16-,17+/m0/s1. The highest BCUT2D eigenvalue weighted by Gasteiger charge is 2.41. The van der Waals surface area contributed by atoms with E-state index in [1.165, 1.54) is 25.9 Å². The smallest absolute Gasteiger partial charge is 0.408 e. The highest BCUT2D eigenvalue weighted by Crippen LogP contribution is 2.21. The Labute approximate surface area is 216 Å². The Kier molecular flexibility index (Phi) is 9.65. The van der Waals surface area contributed by atoms with Crippen molar-refractivity contribution in [1.82, 2.24) is 30.4 Å². The normalized spacial score (nSPS) is 16.5. The van der Waals surface area contributed by atoms with Gasteiger partial charge in [-0.25, -0.2) is 9.78 Å². The van der Waals surface area contributed by atoms with Crippen molar-refractivity contribution in [3.8, 4) is 0 Å². The summed E-state index contributed by atoms with van der Waals surface area (Å²) < 4.78 is 11.6. The molecule has 0 bridgehead atoms. The van der Waals surface area contributed by atoms with Gasteiger partial charge in [0.1, 0.15) is 29.8 Å². The summed E-state index contributed by atoms with van der Waals surface area (Å²) in [5, 5.41) is 7.72. The van der Waals surface area contributed by atoms with Crippen molar-refractivity contribution in [1.29, 1.82) is 0 Å². The Bertz CT molecular complexity index is 1010. The molecule has 2 rings (SSSR count). The number of carbonyl (C=O) groups excluding carboxylic acids is 5. The Morgan fingerprint density at radius 3 is 2.41 bits per heavy atom. The molecule has 1 aliphatic heterocycles. The summed E-state index contributed by atoms with van der Waals surface area (Å²) in [6, 6.07) is -1.84. The van der Waals surface area contributed by atoms with Crippen LogP contribution in [-0.2, 0) is 42.1 Å². The zero-order valence-corrected chi connectivity index (χ0v) is 22.5. The summed E-state index contributed by atoms with van der Waals surface area (Å²) in [5.41, 5.74) is -1.41. The van der Waals surface area contributed by atoms with E-state index >= 15 is 0 Å². The first-order valence-corrected chi connectivity index (χ1v) is 12.1. The number of amides is 4. The third kappa shape index (κ3) is 8.46. The lowest BCUT2D eigenvalue weighted by atomic mass is 10.0. The van der Waals surface area contributed by atoms with Crippen LogP contribution in [0.5, 0.6) is 0 Å². The second-order valence-corrected chi connectivity index (χ2v) is 10.5. The molecule has 2 atom stereocenters. The molecule has 3 N–H and O–H groups in total. The van der Waals surface area contributed by atoms with E-state index in [1.54, 1.807) is 44.9 Å². The molecular weight excluding hydrogens is 484 g/mol. The van der Waals surface area contributed by atoms with Crippen molar-refractivity contribution in [2.24, 2.45) is 7.05 Å². The van der Waals surface area contributed by atoms with Gasteiger partial charge in [-0.05, 0) is 47.5 Å². The number of esters is 1. The van der Waals surface area contributed by atoms with Crippen molar-refractivity contribution in [3.05, 3.63) is 18.2 Å². The average molecular weight is 523 g/mol. The summed E-state index contributed by atoms with van der Waals surface area (Å²) in [6.07, 6.45) is 3.54. The van der Waals surface area contributed by atoms with Crippen molar-refractivity contribution in [2.75, 3.05) is 20.2 Å². The number of nitrogens with one attached hydrogen (secondary N) is 3. The van der Waals surface area contributed by atoms with Gasteiger partial charge in [0.05, 0.1) is 13.4 Å². The van der Waals surface area contributed by atoms with Gasteiger partial charge in [-0.2, -0.15) is 0 Å². The Morgan fingerprint density at radius 1 is 1.16 bits per heavy atom. The van der Waals surface area contributed by atoms with Crippen LogP contribution >= 0.6 is 0 Å². The van der Waals surface area contributed by atoms with Crippen molar-refractivity contribution < 1.29 is 33.4 Å². The molecule has 1 fully saturated rings. The van der Waals surface area contributed by atoms with Gasteiger partial charge in [0.25, 0.3) is 0 Å². The third-order valence-corrected chi connectivity index (χ3v) is 5.78. The number of aromatic nitrogens is 2. The van der Waals surface area contributed by atoms with Gasteiger partial charge >= 0.3 is 12.1 Å². The average Bonchev–Trinajstić information content (AvgIpc) is 3.44. The number of rotatable bonds is 9. The predicted octanol–water partition coefficient (Wildman–Crippen LogP) is 0.0309. The molecule has 4 amide bonds. The van der Waals surface area contributed by atoms with Crippen molar-refractivity contribution in [2.45, 2.75) is 77.1 Å². The molecule has 206 valence electrons. The van der Waals surface area contributed by atoms with Crippen LogP contribution in [0.25, 0.3) is 0 Å². The van der Waals surface area contributed by atoms with E-state index in [1.807, 2.05) is 0 Å². The molecule has 1 aliphatic rings. The minimum absolute atomic E-state index is 0.140. The highest BCUT2D eigenvalue weighted by molar-refractivity contribution is 5.96. The number of imidazole rings is 1. The van der Waals surface area contributed by atoms with E-state index in [9.17, 15) is 24.0 Å². The van der Waals surface area contributed by atoms with Crippen molar-refractivity contribution in [3.63, 3.8) is 0 Å². The van der Waals surface area contributed by atoms with Gasteiger partial charge in [-0.1, -0.05) is 0 Å². The Morgan fingerprint density at radius 2 is 1.84 bits per heavy atom. The maximum Gasteiger partial charge on any atom is 0.408 e. The van der Waals surface area contributed by atoms with Gasteiger partial charge in [0.2, 0.25) is 17.7 Å². The monoisotopic (exact) mass is 522 g/mol. The number of likely N-dealkylation sites (tertiary alicyclic amines) is 1. The molecule has 1 aromatic heterocycles. The van der Waals surface area contributed by atoms with E-state index in [0.29, 0.717) is 25.1 Å². The molecule has 13 heteroatoms. The topological polar surface area (TPSA) is 161 Å². The molecule has 0 radical (unpaired) electrons. The van der Waals surface area contributed by atoms with Crippen LogP contribution in [0.15, 0.2) is 12.5 Å². The first kappa shape index (κ1) is 29.6. The number of ether oxygens (including phenoxy) is 2. The van der Waals surface area contributed by atoms with Crippen LogP contribution in [0.4, 0.5) is 4.79 Å². The van der Waals surface area contributed by atoms with Crippen LogP contribution in [0, 0.1) is 0 Å². The second kappa shape index (κ2) is 12.1.